The van der Waals surface area contributed by atoms with Gasteiger partial charge in [0.15, 0.2) is 0 Å². The Hall–Kier alpha value is -1.92. The van der Waals surface area contributed by atoms with Gasteiger partial charge >= 0.3 is 5.97 Å². The van der Waals surface area contributed by atoms with Crippen LogP contribution in [0.2, 0.25) is 0 Å². The van der Waals surface area contributed by atoms with Crippen LogP contribution in [-0.4, -0.2) is 66.1 Å². The Kier molecular flexibility index (Phi) is 7.40. The number of aryl methyl sites for hydroxylation is 1. The molecule has 1 fully saturated rings. The lowest BCUT2D eigenvalue weighted by Crippen LogP contribution is -2.39. The van der Waals surface area contributed by atoms with Crippen molar-refractivity contribution in [2.45, 2.75) is 38.8 Å². The Bertz CT molecular complexity index is 591. The third-order valence-electron chi connectivity index (χ3n) is 4.74. The second-order valence-electron chi connectivity index (χ2n) is 6.94. The minimum atomic E-state index is -0.792. The number of likely N-dealkylation sites (N-methyl/N-ethyl adjacent to an activating group) is 1. The summed E-state index contributed by atoms with van der Waals surface area (Å²) in [5.74, 6) is -0.752. The molecule has 1 unspecified atom stereocenters. The molecule has 1 aromatic carbocycles. The van der Waals surface area contributed by atoms with E-state index in [2.05, 4.69) is 16.3 Å². The number of carbonyl (C=O) groups is 2. The van der Waals surface area contributed by atoms with Gasteiger partial charge in [0.1, 0.15) is 0 Å². The van der Waals surface area contributed by atoms with Gasteiger partial charge in [0.05, 0.1) is 13.1 Å². The molecule has 2 rings (SSSR count). The number of carbonyl (C=O) groups excluding carboxylic acids is 1. The molecule has 1 heterocycles. The maximum absolute atomic E-state index is 12.2. The summed E-state index contributed by atoms with van der Waals surface area (Å²) < 4.78 is 0. The molecular formula is C19H29N3O3. The van der Waals surface area contributed by atoms with Crippen molar-refractivity contribution in [1.82, 2.24) is 15.1 Å². The topological polar surface area (TPSA) is 72.9 Å². The minimum absolute atomic E-state index is 0.0406. The molecule has 6 heteroatoms. The molecule has 1 aromatic rings. The molecule has 6 nitrogen and oxygen atoms in total. The van der Waals surface area contributed by atoms with Crippen molar-refractivity contribution in [3.63, 3.8) is 0 Å². The number of nitrogens with one attached hydrogen (secondary N) is 1. The van der Waals surface area contributed by atoms with E-state index < -0.39 is 5.97 Å². The Balaban J connectivity index is 1.75. The lowest BCUT2D eigenvalue weighted by Gasteiger charge is -2.25. The van der Waals surface area contributed by atoms with Crippen molar-refractivity contribution in [1.29, 1.82) is 0 Å². The fraction of sp³-hybridized carbons (Fsp3) is 0.579. The lowest BCUT2D eigenvalue weighted by molar-refractivity contribution is -0.138. The largest absolute Gasteiger partial charge is 0.480 e. The number of rotatable bonds is 7. The second kappa shape index (κ2) is 9.53. The molecule has 138 valence electrons. The van der Waals surface area contributed by atoms with Crippen LogP contribution >= 0.6 is 0 Å². The van der Waals surface area contributed by atoms with Gasteiger partial charge in [-0.15, -0.1) is 0 Å². The van der Waals surface area contributed by atoms with Crippen molar-refractivity contribution in [3.05, 3.63) is 35.4 Å². The van der Waals surface area contributed by atoms with E-state index in [0.717, 1.165) is 37.9 Å². The van der Waals surface area contributed by atoms with Crippen molar-refractivity contribution in [2.75, 3.05) is 33.2 Å². The smallest absolute Gasteiger partial charge is 0.317 e. The Labute approximate surface area is 149 Å². The van der Waals surface area contributed by atoms with Gasteiger partial charge < -0.3 is 10.4 Å². The van der Waals surface area contributed by atoms with Gasteiger partial charge in [-0.25, -0.2) is 0 Å². The molecule has 0 spiro atoms. The number of amides is 1. The van der Waals surface area contributed by atoms with E-state index in [-0.39, 0.29) is 18.5 Å². The Morgan fingerprint density at radius 3 is 2.84 bits per heavy atom. The first kappa shape index (κ1) is 19.4. The van der Waals surface area contributed by atoms with E-state index in [9.17, 15) is 9.59 Å². The average molecular weight is 347 g/mol. The molecule has 25 heavy (non-hydrogen) atoms. The maximum atomic E-state index is 12.2. The molecule has 2 N–H and O–H groups in total. The Morgan fingerprint density at radius 1 is 1.32 bits per heavy atom. The molecule has 0 radical (unpaired) electrons. The molecule has 0 bridgehead atoms. The first-order chi connectivity index (χ1) is 11.9. The van der Waals surface area contributed by atoms with E-state index in [1.165, 1.54) is 5.56 Å². The standard InChI is InChI=1S/C19H29N3O3/c1-15-5-3-6-16(11-15)12-20-18(23)13-22-9-4-7-17(8-10-22)21(2)14-19(24)25/h3,5-6,11,17H,4,7-10,12-14H2,1-2H3,(H,20,23)(H,24,25). The zero-order valence-corrected chi connectivity index (χ0v) is 15.2. The quantitative estimate of drug-likeness (QED) is 0.782. The van der Waals surface area contributed by atoms with Crippen LogP contribution in [0.25, 0.3) is 0 Å². The first-order valence-electron chi connectivity index (χ1n) is 8.90. The highest BCUT2D eigenvalue weighted by atomic mass is 16.4. The summed E-state index contributed by atoms with van der Waals surface area (Å²) in [6.45, 7) is 4.78. The van der Waals surface area contributed by atoms with Crippen LogP contribution in [0.5, 0.6) is 0 Å². The fourth-order valence-electron chi connectivity index (χ4n) is 3.36. The van der Waals surface area contributed by atoms with Gasteiger partial charge in [-0.3, -0.25) is 19.4 Å². The summed E-state index contributed by atoms with van der Waals surface area (Å²) in [5, 5.41) is 11.9. The van der Waals surface area contributed by atoms with E-state index in [1.807, 2.05) is 37.1 Å². The first-order valence-corrected chi connectivity index (χ1v) is 8.90. The highest BCUT2D eigenvalue weighted by molar-refractivity contribution is 5.78. The van der Waals surface area contributed by atoms with Crippen LogP contribution in [-0.2, 0) is 16.1 Å². The second-order valence-corrected chi connectivity index (χ2v) is 6.94. The van der Waals surface area contributed by atoms with Crippen LogP contribution in [0, 0.1) is 6.92 Å². The van der Waals surface area contributed by atoms with Gasteiger partial charge in [0.25, 0.3) is 0 Å². The molecule has 1 atom stereocenters. The zero-order chi connectivity index (χ0) is 18.2. The highest BCUT2D eigenvalue weighted by Crippen LogP contribution is 2.15. The van der Waals surface area contributed by atoms with E-state index in [0.29, 0.717) is 13.1 Å². The van der Waals surface area contributed by atoms with Crippen molar-refractivity contribution in [3.8, 4) is 0 Å². The van der Waals surface area contributed by atoms with Gasteiger partial charge in [-0.2, -0.15) is 0 Å². The number of hydrogen-bond donors (Lipinski definition) is 2. The monoisotopic (exact) mass is 347 g/mol. The number of likely N-dealkylation sites (tertiary alicyclic amines) is 1. The fourth-order valence-corrected chi connectivity index (χ4v) is 3.36. The summed E-state index contributed by atoms with van der Waals surface area (Å²) in [7, 11) is 1.86. The Morgan fingerprint density at radius 2 is 2.12 bits per heavy atom. The van der Waals surface area contributed by atoms with Gasteiger partial charge in [0.2, 0.25) is 5.91 Å². The number of aliphatic carboxylic acids is 1. The van der Waals surface area contributed by atoms with E-state index >= 15 is 0 Å². The molecule has 1 aliphatic rings. The third kappa shape index (κ3) is 6.84. The van der Waals surface area contributed by atoms with Crippen LogP contribution in [0.4, 0.5) is 0 Å². The van der Waals surface area contributed by atoms with Crippen molar-refractivity contribution in [2.24, 2.45) is 0 Å². The predicted molar refractivity (Wildman–Crippen MR) is 97.4 cm³/mol. The van der Waals surface area contributed by atoms with Crippen LogP contribution in [0.1, 0.15) is 30.4 Å². The predicted octanol–water partition coefficient (Wildman–Crippen LogP) is 1.48. The number of carboxylic acid groups (broad SMARTS) is 1. The zero-order valence-electron chi connectivity index (χ0n) is 15.2. The summed E-state index contributed by atoms with van der Waals surface area (Å²) in [4.78, 5) is 27.1. The minimum Gasteiger partial charge on any atom is -0.480 e. The summed E-state index contributed by atoms with van der Waals surface area (Å²) >= 11 is 0. The number of hydrogen-bond acceptors (Lipinski definition) is 4. The lowest BCUT2D eigenvalue weighted by atomic mass is 10.1. The molecule has 0 aromatic heterocycles. The van der Waals surface area contributed by atoms with Crippen LogP contribution < -0.4 is 5.32 Å². The van der Waals surface area contributed by atoms with Crippen LogP contribution in [0.15, 0.2) is 24.3 Å². The molecule has 0 aliphatic carbocycles. The van der Waals surface area contributed by atoms with Crippen molar-refractivity contribution >= 4 is 11.9 Å². The van der Waals surface area contributed by atoms with Crippen LogP contribution in [0.3, 0.4) is 0 Å². The summed E-state index contributed by atoms with van der Waals surface area (Å²) in [6, 6.07) is 8.41. The van der Waals surface area contributed by atoms with Gasteiger partial charge in [-0.1, -0.05) is 29.8 Å². The summed E-state index contributed by atoms with van der Waals surface area (Å²) in [5.41, 5.74) is 2.30. The number of benzene rings is 1. The maximum Gasteiger partial charge on any atom is 0.317 e. The molecule has 1 saturated heterocycles. The number of carboxylic acids is 1. The molecule has 1 amide bonds. The van der Waals surface area contributed by atoms with Gasteiger partial charge in [0, 0.05) is 19.1 Å². The van der Waals surface area contributed by atoms with E-state index in [1.54, 1.807) is 0 Å². The highest BCUT2D eigenvalue weighted by Gasteiger charge is 2.22. The van der Waals surface area contributed by atoms with Gasteiger partial charge in [-0.05, 0) is 45.3 Å². The summed E-state index contributed by atoms with van der Waals surface area (Å²) in [6.07, 6.45) is 2.86. The normalized spacial score (nSPS) is 18.8. The number of nitrogens with zero attached hydrogens (tertiary/aromatic N) is 2. The van der Waals surface area contributed by atoms with E-state index in [4.69, 9.17) is 5.11 Å². The molecule has 1 aliphatic heterocycles. The average Bonchev–Trinajstić information content (AvgIpc) is 2.78. The third-order valence-corrected chi connectivity index (χ3v) is 4.74. The molecular weight excluding hydrogens is 318 g/mol. The molecule has 0 saturated carbocycles. The van der Waals surface area contributed by atoms with Crippen molar-refractivity contribution < 1.29 is 14.7 Å². The SMILES string of the molecule is Cc1cccc(CNC(=O)CN2CCCC(N(C)CC(=O)O)CC2)c1.